The molecule has 0 atom stereocenters. The number of rotatable bonds is 3. The lowest BCUT2D eigenvalue weighted by atomic mass is 10.2. The molecule has 0 saturated carbocycles. The molecule has 2 heterocycles. The van der Waals surface area contributed by atoms with E-state index >= 15 is 0 Å². The minimum atomic E-state index is 0.302. The molecule has 0 aliphatic carbocycles. The van der Waals surface area contributed by atoms with E-state index in [-0.39, 0.29) is 0 Å². The molecule has 0 aliphatic heterocycles. The van der Waals surface area contributed by atoms with Gasteiger partial charge in [-0.2, -0.15) is 0 Å². The van der Waals surface area contributed by atoms with E-state index in [2.05, 4.69) is 25.0 Å². The Morgan fingerprint density at radius 2 is 2.44 bits per heavy atom. The van der Waals surface area contributed by atoms with E-state index in [0.717, 1.165) is 10.9 Å². The summed E-state index contributed by atoms with van der Waals surface area (Å²) < 4.78 is 0. The van der Waals surface area contributed by atoms with Crippen LogP contribution in [0.1, 0.15) is 5.56 Å². The first-order valence-corrected chi connectivity index (χ1v) is 4.58. The number of aromatic amines is 1. The summed E-state index contributed by atoms with van der Waals surface area (Å²) in [6, 6.07) is 0. The van der Waals surface area contributed by atoms with Crippen molar-refractivity contribution >= 4 is 22.9 Å². The van der Waals surface area contributed by atoms with Crippen molar-refractivity contribution in [3.05, 3.63) is 34.6 Å². The summed E-state index contributed by atoms with van der Waals surface area (Å²) in [7, 11) is 0. The zero-order valence-corrected chi connectivity index (χ0v) is 8.33. The summed E-state index contributed by atoms with van der Waals surface area (Å²) in [5.41, 5.74) is 15.4. The Balaban J connectivity index is 2.38. The van der Waals surface area contributed by atoms with Gasteiger partial charge in [-0.1, -0.05) is 17.3 Å². The molecule has 7 heteroatoms. The summed E-state index contributed by atoms with van der Waals surface area (Å²) in [6.45, 7) is 0.302. The standard InChI is InChI=1S/C9H9N7/c10-8-7-6(2-1-3-15-16-11)4-12-9(7)14-5-13-8/h1-2,4-5H,3H2,(H3,10,12,13,14). The molecule has 0 fully saturated rings. The number of nitrogens with one attached hydrogen (secondary N) is 1. The summed E-state index contributed by atoms with van der Waals surface area (Å²) in [6.07, 6.45) is 6.74. The average molecular weight is 215 g/mol. The largest absolute Gasteiger partial charge is 0.383 e. The number of anilines is 1. The first kappa shape index (κ1) is 10.0. The predicted octanol–water partition coefficient (Wildman–Crippen LogP) is 1.86. The number of fused-ring (bicyclic) bond motifs is 1. The molecule has 2 aromatic heterocycles. The number of H-pyrrole nitrogens is 1. The van der Waals surface area contributed by atoms with Crippen molar-refractivity contribution in [3.8, 4) is 0 Å². The topological polar surface area (TPSA) is 116 Å². The molecule has 0 aliphatic rings. The molecule has 0 unspecified atom stereocenters. The van der Waals surface area contributed by atoms with Crippen LogP contribution in [0.5, 0.6) is 0 Å². The highest BCUT2D eigenvalue weighted by Crippen LogP contribution is 2.21. The summed E-state index contributed by atoms with van der Waals surface area (Å²) in [5.74, 6) is 0.426. The van der Waals surface area contributed by atoms with E-state index < -0.39 is 0 Å². The van der Waals surface area contributed by atoms with Gasteiger partial charge in [-0.3, -0.25) is 0 Å². The summed E-state index contributed by atoms with van der Waals surface area (Å²) in [5, 5.41) is 4.17. The van der Waals surface area contributed by atoms with E-state index in [9.17, 15) is 0 Å². The lowest BCUT2D eigenvalue weighted by Gasteiger charge is -1.94. The van der Waals surface area contributed by atoms with Crippen LogP contribution in [0.3, 0.4) is 0 Å². The van der Waals surface area contributed by atoms with Crippen molar-refractivity contribution < 1.29 is 0 Å². The van der Waals surface area contributed by atoms with Crippen LogP contribution in [0.15, 0.2) is 23.7 Å². The van der Waals surface area contributed by atoms with Gasteiger partial charge in [-0.25, -0.2) is 9.97 Å². The molecule has 0 bridgehead atoms. The van der Waals surface area contributed by atoms with Crippen molar-refractivity contribution in [2.24, 2.45) is 5.11 Å². The van der Waals surface area contributed by atoms with E-state index in [1.165, 1.54) is 6.33 Å². The Hall–Kier alpha value is -2.53. The van der Waals surface area contributed by atoms with Gasteiger partial charge in [-0.15, -0.1) is 0 Å². The molecular weight excluding hydrogens is 206 g/mol. The Labute approximate surface area is 90.6 Å². The van der Waals surface area contributed by atoms with Crippen LogP contribution in [-0.4, -0.2) is 21.5 Å². The SMILES string of the molecule is [N-]=[N+]=NCC=Cc1c[nH]c2ncnc(N)c12. The van der Waals surface area contributed by atoms with Crippen LogP contribution in [-0.2, 0) is 0 Å². The predicted molar refractivity (Wildman–Crippen MR) is 61.3 cm³/mol. The first-order valence-electron chi connectivity index (χ1n) is 4.58. The van der Waals surface area contributed by atoms with Gasteiger partial charge >= 0.3 is 0 Å². The van der Waals surface area contributed by atoms with E-state index in [0.29, 0.717) is 18.0 Å². The molecular formula is C9H9N7. The van der Waals surface area contributed by atoms with Crippen LogP contribution in [0.2, 0.25) is 0 Å². The second-order valence-electron chi connectivity index (χ2n) is 3.04. The van der Waals surface area contributed by atoms with Gasteiger partial charge in [0.25, 0.3) is 0 Å². The first-order chi connectivity index (χ1) is 7.83. The molecule has 0 saturated heterocycles. The fraction of sp³-hybridized carbons (Fsp3) is 0.111. The summed E-state index contributed by atoms with van der Waals surface area (Å²) >= 11 is 0. The highest BCUT2D eigenvalue weighted by Gasteiger charge is 2.05. The van der Waals surface area contributed by atoms with Gasteiger partial charge < -0.3 is 10.7 Å². The zero-order chi connectivity index (χ0) is 11.4. The van der Waals surface area contributed by atoms with Crippen LogP contribution in [0.4, 0.5) is 5.82 Å². The molecule has 7 nitrogen and oxygen atoms in total. The highest BCUT2D eigenvalue weighted by atomic mass is 15.1. The number of nitrogens with two attached hydrogens (primary N) is 1. The van der Waals surface area contributed by atoms with Gasteiger partial charge in [0.2, 0.25) is 0 Å². The maximum absolute atomic E-state index is 8.12. The fourth-order valence-corrected chi connectivity index (χ4v) is 1.41. The molecule has 0 spiro atoms. The molecule has 80 valence electrons. The van der Waals surface area contributed by atoms with E-state index in [1.807, 2.05) is 6.08 Å². The second-order valence-corrected chi connectivity index (χ2v) is 3.04. The normalized spacial score (nSPS) is 10.8. The number of aromatic nitrogens is 3. The second kappa shape index (κ2) is 4.33. The quantitative estimate of drug-likeness (QED) is 0.462. The molecule has 2 rings (SSSR count). The molecule has 0 aromatic carbocycles. The molecule has 2 aromatic rings. The van der Waals surface area contributed by atoms with Gasteiger partial charge in [0.15, 0.2) is 0 Å². The van der Waals surface area contributed by atoms with E-state index in [4.69, 9.17) is 11.3 Å². The van der Waals surface area contributed by atoms with Crippen LogP contribution in [0, 0.1) is 0 Å². The molecule has 3 N–H and O–H groups in total. The maximum atomic E-state index is 8.12. The van der Waals surface area contributed by atoms with Crippen LogP contribution in [0.25, 0.3) is 27.6 Å². The Morgan fingerprint density at radius 3 is 3.25 bits per heavy atom. The van der Waals surface area contributed by atoms with Gasteiger partial charge in [0.1, 0.15) is 17.8 Å². The lowest BCUT2D eigenvalue weighted by molar-refractivity contribution is 1.21. The summed E-state index contributed by atoms with van der Waals surface area (Å²) in [4.78, 5) is 13.6. The van der Waals surface area contributed by atoms with E-state index in [1.54, 1.807) is 12.3 Å². The number of nitrogens with zero attached hydrogens (tertiary/aromatic N) is 5. The number of hydrogen-bond acceptors (Lipinski definition) is 4. The van der Waals surface area contributed by atoms with Crippen molar-refractivity contribution in [2.45, 2.75) is 0 Å². The average Bonchev–Trinajstić information content (AvgIpc) is 2.69. The number of nitrogen functional groups attached to an aromatic ring is 1. The van der Waals surface area contributed by atoms with Gasteiger partial charge in [0.05, 0.1) is 5.39 Å². The molecule has 0 amide bonds. The third-order valence-corrected chi connectivity index (χ3v) is 2.08. The number of azide groups is 1. The van der Waals surface area contributed by atoms with Gasteiger partial charge in [-0.05, 0) is 5.53 Å². The van der Waals surface area contributed by atoms with Crippen molar-refractivity contribution in [1.29, 1.82) is 0 Å². The molecule has 16 heavy (non-hydrogen) atoms. The maximum Gasteiger partial charge on any atom is 0.143 e. The minimum absolute atomic E-state index is 0.302. The van der Waals surface area contributed by atoms with Crippen molar-refractivity contribution in [2.75, 3.05) is 12.3 Å². The smallest absolute Gasteiger partial charge is 0.143 e. The Morgan fingerprint density at radius 1 is 1.56 bits per heavy atom. The number of hydrogen-bond donors (Lipinski definition) is 2. The monoisotopic (exact) mass is 215 g/mol. The zero-order valence-electron chi connectivity index (χ0n) is 8.33. The third kappa shape index (κ3) is 1.79. The minimum Gasteiger partial charge on any atom is -0.383 e. The van der Waals surface area contributed by atoms with Crippen molar-refractivity contribution in [3.63, 3.8) is 0 Å². The molecule has 0 radical (unpaired) electrons. The fourth-order valence-electron chi connectivity index (χ4n) is 1.41. The van der Waals surface area contributed by atoms with Gasteiger partial charge in [0, 0.05) is 23.2 Å². The third-order valence-electron chi connectivity index (χ3n) is 2.08. The van der Waals surface area contributed by atoms with Crippen LogP contribution >= 0.6 is 0 Å². The Bertz CT molecular complexity index is 577. The lowest BCUT2D eigenvalue weighted by Crippen LogP contribution is -1.92. The van der Waals surface area contributed by atoms with Crippen molar-refractivity contribution in [1.82, 2.24) is 15.0 Å². The van der Waals surface area contributed by atoms with Crippen LogP contribution < -0.4 is 5.73 Å². The highest BCUT2D eigenvalue weighted by molar-refractivity contribution is 5.93. The Kier molecular flexibility index (Phi) is 2.71.